The zero-order valence-corrected chi connectivity index (χ0v) is 10.6. The molecule has 0 aliphatic heterocycles. The van der Waals surface area contributed by atoms with Gasteiger partial charge in [0.2, 0.25) is 0 Å². The molecule has 0 fully saturated rings. The van der Waals surface area contributed by atoms with Gasteiger partial charge in [0.05, 0.1) is 11.3 Å². The Balaban J connectivity index is 2.01. The van der Waals surface area contributed by atoms with Crippen molar-refractivity contribution in [1.29, 1.82) is 0 Å². The molecule has 3 rings (SSSR count). The molecule has 1 unspecified atom stereocenters. The Morgan fingerprint density at radius 2 is 2.00 bits per heavy atom. The summed E-state index contributed by atoms with van der Waals surface area (Å²) in [6.45, 7) is 0. The molecule has 2 aromatic rings. The second-order valence-corrected chi connectivity index (χ2v) is 4.98. The number of anilines is 1. The van der Waals surface area contributed by atoms with E-state index in [4.69, 9.17) is 5.73 Å². The molecule has 104 valence electrons. The summed E-state index contributed by atoms with van der Waals surface area (Å²) < 4.78 is 37.9. The molecule has 0 saturated heterocycles. The van der Waals surface area contributed by atoms with Crippen LogP contribution in [0.4, 0.5) is 18.9 Å². The lowest BCUT2D eigenvalue weighted by molar-refractivity contribution is -0.137. The first kappa shape index (κ1) is 13.0. The quantitative estimate of drug-likeness (QED) is 0.807. The van der Waals surface area contributed by atoms with Gasteiger partial charge in [0.25, 0.3) is 0 Å². The number of hydrogen-bond donors (Lipinski definition) is 1. The van der Waals surface area contributed by atoms with Gasteiger partial charge < -0.3 is 5.73 Å². The predicted octanol–water partition coefficient (Wildman–Crippen LogP) is 3.76. The Hall–Kier alpha value is -2.04. The van der Waals surface area contributed by atoms with Gasteiger partial charge in [-0.25, -0.2) is 0 Å². The summed E-state index contributed by atoms with van der Waals surface area (Å²) in [7, 11) is 0. The first-order valence-corrected chi connectivity index (χ1v) is 6.37. The summed E-state index contributed by atoms with van der Waals surface area (Å²) >= 11 is 0. The standard InChI is InChI=1S/C15H13F3N2/c16-15(17,18)10-4-6-11(13(19)8-10)12-5-3-9-2-1-7-20-14(9)12/h1-2,4,6-8,12H,3,5,19H2. The molecule has 1 aliphatic carbocycles. The molecule has 20 heavy (non-hydrogen) atoms. The van der Waals surface area contributed by atoms with Crippen LogP contribution in [0.25, 0.3) is 0 Å². The zero-order valence-electron chi connectivity index (χ0n) is 10.6. The fraction of sp³-hybridized carbons (Fsp3) is 0.267. The average molecular weight is 278 g/mol. The largest absolute Gasteiger partial charge is 0.416 e. The van der Waals surface area contributed by atoms with E-state index in [2.05, 4.69) is 4.98 Å². The number of alkyl halides is 3. The van der Waals surface area contributed by atoms with Crippen LogP contribution in [-0.2, 0) is 12.6 Å². The lowest BCUT2D eigenvalue weighted by Crippen LogP contribution is -2.08. The second-order valence-electron chi connectivity index (χ2n) is 4.98. The minimum absolute atomic E-state index is 0.00603. The number of nitrogens with zero attached hydrogens (tertiary/aromatic N) is 1. The van der Waals surface area contributed by atoms with Crippen LogP contribution in [0, 0.1) is 0 Å². The molecular formula is C15H13F3N2. The number of fused-ring (bicyclic) bond motifs is 1. The molecule has 0 radical (unpaired) electrons. The third kappa shape index (κ3) is 2.13. The van der Waals surface area contributed by atoms with Crippen LogP contribution < -0.4 is 5.73 Å². The van der Waals surface area contributed by atoms with E-state index >= 15 is 0 Å². The van der Waals surface area contributed by atoms with E-state index in [9.17, 15) is 13.2 Å². The summed E-state index contributed by atoms with van der Waals surface area (Å²) in [5.41, 5.74) is 8.11. The van der Waals surface area contributed by atoms with Crippen molar-refractivity contribution in [2.24, 2.45) is 0 Å². The van der Waals surface area contributed by atoms with Crippen LogP contribution in [0.3, 0.4) is 0 Å². The van der Waals surface area contributed by atoms with Gasteiger partial charge in [-0.2, -0.15) is 13.2 Å². The highest BCUT2D eigenvalue weighted by Crippen LogP contribution is 2.40. The van der Waals surface area contributed by atoms with Crippen LogP contribution in [0.5, 0.6) is 0 Å². The molecule has 1 heterocycles. The fourth-order valence-electron chi connectivity index (χ4n) is 2.78. The molecule has 1 atom stereocenters. The number of aryl methyl sites for hydroxylation is 1. The third-order valence-corrected chi connectivity index (χ3v) is 3.75. The Morgan fingerprint density at radius 1 is 1.20 bits per heavy atom. The molecule has 5 heteroatoms. The van der Waals surface area contributed by atoms with Gasteiger partial charge >= 0.3 is 6.18 Å². The van der Waals surface area contributed by atoms with Crippen molar-refractivity contribution >= 4 is 5.69 Å². The maximum Gasteiger partial charge on any atom is 0.416 e. The lowest BCUT2D eigenvalue weighted by Gasteiger charge is -2.16. The molecule has 1 aromatic heterocycles. The van der Waals surface area contributed by atoms with Crippen molar-refractivity contribution in [3.8, 4) is 0 Å². The SMILES string of the molecule is Nc1cc(C(F)(F)F)ccc1C1CCc2cccnc21. The van der Waals surface area contributed by atoms with Crippen LogP contribution in [0.2, 0.25) is 0 Å². The average Bonchev–Trinajstić information content (AvgIpc) is 2.81. The van der Waals surface area contributed by atoms with E-state index in [1.807, 2.05) is 12.1 Å². The second kappa shape index (κ2) is 4.51. The predicted molar refractivity (Wildman–Crippen MR) is 70.3 cm³/mol. The number of rotatable bonds is 1. The summed E-state index contributed by atoms with van der Waals surface area (Å²) in [6, 6.07) is 7.45. The Morgan fingerprint density at radius 3 is 2.70 bits per heavy atom. The smallest absolute Gasteiger partial charge is 0.398 e. The number of pyridine rings is 1. The maximum atomic E-state index is 12.6. The Bertz CT molecular complexity index is 650. The molecule has 1 aliphatic rings. The highest BCUT2D eigenvalue weighted by atomic mass is 19.4. The number of aromatic nitrogens is 1. The van der Waals surface area contributed by atoms with E-state index in [1.54, 1.807) is 6.20 Å². The van der Waals surface area contributed by atoms with E-state index in [1.165, 1.54) is 6.07 Å². The van der Waals surface area contributed by atoms with E-state index in [0.29, 0.717) is 0 Å². The molecule has 2 nitrogen and oxygen atoms in total. The molecular weight excluding hydrogens is 265 g/mol. The van der Waals surface area contributed by atoms with E-state index < -0.39 is 11.7 Å². The zero-order chi connectivity index (χ0) is 14.3. The summed E-state index contributed by atoms with van der Waals surface area (Å²) in [6.07, 6.45) is -0.938. The van der Waals surface area contributed by atoms with Crippen molar-refractivity contribution in [2.75, 3.05) is 5.73 Å². The summed E-state index contributed by atoms with van der Waals surface area (Å²) in [5.74, 6) is -0.00603. The molecule has 0 amide bonds. The fourth-order valence-corrected chi connectivity index (χ4v) is 2.78. The van der Waals surface area contributed by atoms with Gasteiger partial charge in [-0.05, 0) is 42.2 Å². The van der Waals surface area contributed by atoms with Crippen LogP contribution in [0.15, 0.2) is 36.5 Å². The van der Waals surface area contributed by atoms with Crippen molar-refractivity contribution in [3.63, 3.8) is 0 Å². The topological polar surface area (TPSA) is 38.9 Å². The summed E-state index contributed by atoms with van der Waals surface area (Å²) in [5, 5.41) is 0. The van der Waals surface area contributed by atoms with Gasteiger partial charge in [-0.1, -0.05) is 12.1 Å². The van der Waals surface area contributed by atoms with Gasteiger partial charge in [0.15, 0.2) is 0 Å². The normalized spacial score (nSPS) is 18.1. The van der Waals surface area contributed by atoms with Gasteiger partial charge in [-0.3, -0.25) is 4.98 Å². The Kier molecular flexibility index (Phi) is 2.92. The highest BCUT2D eigenvalue weighted by molar-refractivity contribution is 5.55. The molecule has 0 bridgehead atoms. The molecule has 2 N–H and O–H groups in total. The molecule has 0 saturated carbocycles. The lowest BCUT2D eigenvalue weighted by atomic mass is 9.93. The summed E-state index contributed by atoms with van der Waals surface area (Å²) in [4.78, 5) is 4.35. The van der Waals surface area contributed by atoms with Crippen molar-refractivity contribution in [3.05, 3.63) is 58.9 Å². The van der Waals surface area contributed by atoms with Crippen LogP contribution in [0.1, 0.15) is 34.7 Å². The number of hydrogen-bond acceptors (Lipinski definition) is 2. The van der Waals surface area contributed by atoms with E-state index in [-0.39, 0.29) is 11.6 Å². The molecule has 0 spiro atoms. The first-order chi connectivity index (χ1) is 9.47. The van der Waals surface area contributed by atoms with Gasteiger partial charge in [0.1, 0.15) is 0 Å². The van der Waals surface area contributed by atoms with Crippen molar-refractivity contribution in [1.82, 2.24) is 4.98 Å². The monoisotopic (exact) mass is 278 g/mol. The Labute approximate surface area is 114 Å². The highest BCUT2D eigenvalue weighted by Gasteiger charge is 2.32. The minimum atomic E-state index is -4.36. The van der Waals surface area contributed by atoms with Crippen molar-refractivity contribution < 1.29 is 13.2 Å². The number of benzene rings is 1. The van der Waals surface area contributed by atoms with Crippen LogP contribution in [-0.4, -0.2) is 4.98 Å². The minimum Gasteiger partial charge on any atom is -0.398 e. The molecule has 1 aromatic carbocycles. The van der Waals surface area contributed by atoms with Crippen LogP contribution >= 0.6 is 0 Å². The van der Waals surface area contributed by atoms with E-state index in [0.717, 1.165) is 41.8 Å². The number of nitrogens with two attached hydrogens (primary N) is 1. The number of halogens is 3. The number of nitrogen functional groups attached to an aromatic ring is 1. The third-order valence-electron chi connectivity index (χ3n) is 3.75. The first-order valence-electron chi connectivity index (χ1n) is 6.37. The van der Waals surface area contributed by atoms with Crippen molar-refractivity contribution in [2.45, 2.75) is 24.9 Å². The van der Waals surface area contributed by atoms with Gasteiger partial charge in [0, 0.05) is 17.8 Å². The van der Waals surface area contributed by atoms with Gasteiger partial charge in [-0.15, -0.1) is 0 Å². The maximum absolute atomic E-state index is 12.6.